The summed E-state index contributed by atoms with van der Waals surface area (Å²) in [6.45, 7) is 0.383. The molecule has 0 amide bonds. The van der Waals surface area contributed by atoms with Crippen molar-refractivity contribution >= 4 is 38.6 Å². The molecule has 0 fully saturated rings. The van der Waals surface area contributed by atoms with Gasteiger partial charge in [0.25, 0.3) is 10.9 Å². The van der Waals surface area contributed by atoms with Gasteiger partial charge in [-0.05, 0) is 30.3 Å². The van der Waals surface area contributed by atoms with Gasteiger partial charge >= 0.3 is 0 Å². The fraction of sp³-hybridized carbons (Fsp3) is 0.0588. The number of pyridine rings is 1. The van der Waals surface area contributed by atoms with Crippen molar-refractivity contribution in [3.8, 4) is 0 Å². The summed E-state index contributed by atoms with van der Waals surface area (Å²) in [5.41, 5.74) is 3.79. The van der Waals surface area contributed by atoms with E-state index in [0.717, 1.165) is 21.6 Å². The van der Waals surface area contributed by atoms with Crippen LogP contribution in [0.3, 0.4) is 0 Å². The summed E-state index contributed by atoms with van der Waals surface area (Å²) in [4.78, 5) is 32.1. The lowest BCUT2D eigenvalue weighted by Crippen LogP contribution is -2.36. The zero-order chi connectivity index (χ0) is 16.5. The Labute approximate surface area is 140 Å². The van der Waals surface area contributed by atoms with Crippen LogP contribution < -0.4 is 21.5 Å². The fourth-order valence-corrected chi connectivity index (χ4v) is 3.15. The fourth-order valence-electron chi connectivity index (χ4n) is 2.44. The minimum atomic E-state index is -0.511. The number of fused-ring (bicyclic) bond motifs is 1. The lowest BCUT2D eigenvalue weighted by molar-refractivity contribution is 1.04. The number of hydrogen-bond acceptors (Lipinski definition) is 7. The van der Waals surface area contributed by atoms with Crippen LogP contribution in [-0.4, -0.2) is 9.97 Å². The predicted octanol–water partition coefficient (Wildman–Crippen LogP) is 2.64. The van der Waals surface area contributed by atoms with Gasteiger partial charge < -0.3 is 10.6 Å². The minimum absolute atomic E-state index is 0.291. The first-order valence-corrected chi connectivity index (χ1v) is 8.18. The van der Waals surface area contributed by atoms with Crippen LogP contribution >= 0.6 is 11.3 Å². The first-order chi connectivity index (χ1) is 11.7. The van der Waals surface area contributed by atoms with Crippen molar-refractivity contribution in [2.24, 2.45) is 0 Å². The average Bonchev–Trinajstić information content (AvgIpc) is 3.09. The van der Waals surface area contributed by atoms with Crippen LogP contribution in [0.1, 0.15) is 5.69 Å². The molecule has 2 aromatic heterocycles. The largest absolute Gasteiger partial charge is 0.374 e. The molecule has 0 spiro atoms. The molecule has 0 aliphatic carbocycles. The summed E-state index contributed by atoms with van der Waals surface area (Å²) in [6.07, 6.45) is 1.68. The smallest absolute Gasteiger partial charge is 0.253 e. The maximum absolute atomic E-state index is 11.9. The number of nitrogens with zero attached hydrogens (tertiary/aromatic N) is 2. The highest BCUT2D eigenvalue weighted by Crippen LogP contribution is 2.26. The van der Waals surface area contributed by atoms with Gasteiger partial charge in [0.15, 0.2) is 0 Å². The van der Waals surface area contributed by atoms with E-state index in [1.54, 1.807) is 11.7 Å². The van der Waals surface area contributed by atoms with Crippen LogP contribution in [0.15, 0.2) is 57.7 Å². The van der Waals surface area contributed by atoms with E-state index in [0.29, 0.717) is 17.9 Å². The topological polar surface area (TPSA) is 84.0 Å². The maximum Gasteiger partial charge on any atom is 0.253 e. The molecular weight excluding hydrogens is 324 g/mol. The Morgan fingerprint density at radius 3 is 2.71 bits per heavy atom. The van der Waals surface area contributed by atoms with Crippen LogP contribution in [0.2, 0.25) is 0 Å². The third-order valence-electron chi connectivity index (χ3n) is 3.68. The molecule has 4 aromatic rings. The first-order valence-electron chi connectivity index (χ1n) is 7.30. The highest BCUT2D eigenvalue weighted by atomic mass is 32.1. The van der Waals surface area contributed by atoms with E-state index in [4.69, 9.17) is 0 Å². The molecule has 4 rings (SSSR count). The van der Waals surface area contributed by atoms with Crippen molar-refractivity contribution in [2.45, 2.75) is 6.54 Å². The van der Waals surface area contributed by atoms with Gasteiger partial charge in [0.05, 0.1) is 28.0 Å². The van der Waals surface area contributed by atoms with Gasteiger partial charge in [-0.3, -0.25) is 14.6 Å². The second kappa shape index (κ2) is 5.86. The molecule has 2 aromatic carbocycles. The minimum Gasteiger partial charge on any atom is -0.374 e. The third-order valence-corrected chi connectivity index (χ3v) is 4.48. The van der Waals surface area contributed by atoms with Gasteiger partial charge in [-0.2, -0.15) is 0 Å². The lowest BCUT2D eigenvalue weighted by Gasteiger charge is -2.14. The van der Waals surface area contributed by atoms with Crippen LogP contribution in [0.5, 0.6) is 0 Å². The van der Waals surface area contributed by atoms with Crippen LogP contribution in [0.4, 0.5) is 17.1 Å². The van der Waals surface area contributed by atoms with Crippen molar-refractivity contribution in [1.29, 1.82) is 0 Å². The highest BCUT2D eigenvalue weighted by molar-refractivity contribution is 7.16. The molecule has 0 saturated heterocycles. The Bertz CT molecular complexity index is 1080. The summed E-state index contributed by atoms with van der Waals surface area (Å²) >= 11 is 1.52. The Morgan fingerprint density at radius 1 is 1.00 bits per heavy atom. The molecule has 0 bridgehead atoms. The van der Waals surface area contributed by atoms with E-state index >= 15 is 0 Å². The van der Waals surface area contributed by atoms with E-state index in [1.165, 1.54) is 11.3 Å². The summed E-state index contributed by atoms with van der Waals surface area (Å²) in [7, 11) is 0. The Balaban J connectivity index is 1.56. The molecule has 7 heteroatoms. The van der Waals surface area contributed by atoms with Crippen LogP contribution in [0, 0.1) is 0 Å². The zero-order valence-electron chi connectivity index (χ0n) is 12.4. The molecule has 0 radical (unpaired) electrons. The van der Waals surface area contributed by atoms with Crippen molar-refractivity contribution in [3.05, 3.63) is 74.2 Å². The van der Waals surface area contributed by atoms with Gasteiger partial charge in [-0.15, -0.1) is 11.3 Å². The second-order valence-electron chi connectivity index (χ2n) is 5.24. The normalized spacial score (nSPS) is 11.0. The summed E-state index contributed by atoms with van der Waals surface area (Å²) < 4.78 is 1.02. The van der Waals surface area contributed by atoms with E-state index in [9.17, 15) is 9.59 Å². The highest BCUT2D eigenvalue weighted by Gasteiger charge is 2.21. The van der Waals surface area contributed by atoms with Crippen molar-refractivity contribution in [2.75, 3.05) is 10.6 Å². The summed E-state index contributed by atoms with van der Waals surface area (Å²) in [5, 5.41) is 6.02. The van der Waals surface area contributed by atoms with Gasteiger partial charge in [0.1, 0.15) is 11.4 Å². The quantitative estimate of drug-likeness (QED) is 0.545. The monoisotopic (exact) mass is 336 g/mol. The number of rotatable bonds is 5. The molecule has 0 atom stereocenters. The van der Waals surface area contributed by atoms with E-state index in [1.807, 2.05) is 36.4 Å². The molecule has 0 aliphatic heterocycles. The molecule has 2 heterocycles. The molecule has 6 nitrogen and oxygen atoms in total. The molecule has 24 heavy (non-hydrogen) atoms. The standard InChI is InChI=1S/C17H12N4O2S/c22-16-14(19-8-11-3-1-2-6-18-11)15(17(16)23)21-10-4-5-12-13(7-10)24-9-20-12/h1-7,9,19,21H,8H2. The molecular formula is C17H12N4O2S. The van der Waals surface area contributed by atoms with E-state index < -0.39 is 10.9 Å². The molecule has 0 unspecified atom stereocenters. The Hall–Kier alpha value is -3.06. The molecule has 0 saturated carbocycles. The molecule has 118 valence electrons. The van der Waals surface area contributed by atoms with E-state index in [2.05, 4.69) is 20.6 Å². The average molecular weight is 336 g/mol. The lowest BCUT2D eigenvalue weighted by atomic mass is 10.1. The summed E-state index contributed by atoms with van der Waals surface area (Å²) in [5.74, 6) is 0. The number of aromatic nitrogens is 2. The second-order valence-corrected chi connectivity index (χ2v) is 6.13. The van der Waals surface area contributed by atoms with Crippen LogP contribution in [0.25, 0.3) is 10.2 Å². The number of thiazole rings is 1. The zero-order valence-corrected chi connectivity index (χ0v) is 13.3. The Morgan fingerprint density at radius 2 is 1.88 bits per heavy atom. The van der Waals surface area contributed by atoms with Gasteiger partial charge in [0.2, 0.25) is 0 Å². The van der Waals surface area contributed by atoms with Crippen LogP contribution in [-0.2, 0) is 6.54 Å². The SMILES string of the molecule is O=c1c(NCc2ccccn2)c(Nc2ccc3ncsc3c2)c1=O. The predicted molar refractivity (Wildman–Crippen MR) is 95.8 cm³/mol. The molecule has 0 aliphatic rings. The van der Waals surface area contributed by atoms with Crippen molar-refractivity contribution < 1.29 is 0 Å². The van der Waals surface area contributed by atoms with Crippen molar-refractivity contribution in [3.63, 3.8) is 0 Å². The van der Waals surface area contributed by atoms with Gasteiger partial charge in [-0.1, -0.05) is 6.07 Å². The number of hydrogen-bond donors (Lipinski definition) is 2. The number of benzene rings is 1. The third kappa shape index (κ3) is 2.55. The number of anilines is 3. The number of nitrogens with one attached hydrogen (secondary N) is 2. The van der Waals surface area contributed by atoms with Crippen molar-refractivity contribution in [1.82, 2.24) is 9.97 Å². The van der Waals surface area contributed by atoms with E-state index in [-0.39, 0.29) is 0 Å². The molecule has 2 N–H and O–H groups in total. The van der Waals surface area contributed by atoms with Gasteiger partial charge in [-0.25, -0.2) is 4.98 Å². The van der Waals surface area contributed by atoms with Gasteiger partial charge in [0, 0.05) is 11.9 Å². The summed E-state index contributed by atoms with van der Waals surface area (Å²) in [6, 6.07) is 11.2. The maximum atomic E-state index is 11.9. The Kier molecular flexibility index (Phi) is 3.55. The first kappa shape index (κ1) is 14.5.